The van der Waals surface area contributed by atoms with Gasteiger partial charge < -0.3 is 15.0 Å². The van der Waals surface area contributed by atoms with E-state index in [2.05, 4.69) is 10.3 Å². The summed E-state index contributed by atoms with van der Waals surface area (Å²) in [5.74, 6) is 0.950. The molecule has 2 heterocycles. The van der Waals surface area contributed by atoms with Gasteiger partial charge >= 0.3 is 0 Å². The van der Waals surface area contributed by atoms with Crippen LogP contribution >= 0.6 is 0 Å². The van der Waals surface area contributed by atoms with Gasteiger partial charge in [-0.2, -0.15) is 0 Å². The van der Waals surface area contributed by atoms with Crippen molar-refractivity contribution < 1.29 is 5.11 Å². The number of nitrogens with zero attached hydrogens (tertiary/aromatic N) is 2. The normalized spacial score (nSPS) is 24.0. The summed E-state index contributed by atoms with van der Waals surface area (Å²) < 4.78 is 1.96. The first kappa shape index (κ1) is 9.68. The van der Waals surface area contributed by atoms with Crippen molar-refractivity contribution in [1.82, 2.24) is 14.9 Å². The molecular weight excluding hydrogens is 178 g/mol. The molecule has 0 radical (unpaired) electrons. The predicted octanol–water partition coefficient (Wildman–Crippen LogP) is 0.0755. The molecule has 1 fully saturated rings. The lowest BCUT2D eigenvalue weighted by molar-refractivity contribution is 0.133. The Kier molecular flexibility index (Phi) is 2.84. The maximum atomic E-state index is 9.93. The fourth-order valence-corrected chi connectivity index (χ4v) is 1.96. The Balaban J connectivity index is 1.93. The molecule has 0 spiro atoms. The average Bonchev–Trinajstić information content (AvgIpc) is 2.77. The number of imidazole rings is 1. The second kappa shape index (κ2) is 4.11. The third-order valence-electron chi connectivity index (χ3n) is 2.88. The summed E-state index contributed by atoms with van der Waals surface area (Å²) in [6, 6.07) is 0.256. The van der Waals surface area contributed by atoms with Crippen LogP contribution in [0, 0.1) is 0 Å². The zero-order valence-electron chi connectivity index (χ0n) is 8.48. The number of hydrogen-bond acceptors (Lipinski definition) is 3. The van der Waals surface area contributed by atoms with Gasteiger partial charge in [0.1, 0.15) is 5.82 Å². The molecule has 2 atom stereocenters. The SMILES string of the molecule is Cn1ccnc1CC(O)[C@H]1CCCN1. The molecule has 4 nitrogen and oxygen atoms in total. The lowest BCUT2D eigenvalue weighted by Gasteiger charge is -2.17. The van der Waals surface area contributed by atoms with E-state index >= 15 is 0 Å². The molecule has 2 rings (SSSR count). The summed E-state index contributed by atoms with van der Waals surface area (Å²) in [5.41, 5.74) is 0. The molecule has 4 heteroatoms. The van der Waals surface area contributed by atoms with Gasteiger partial charge in [0.25, 0.3) is 0 Å². The molecule has 1 unspecified atom stereocenters. The molecule has 1 aromatic rings. The highest BCUT2D eigenvalue weighted by Gasteiger charge is 2.23. The van der Waals surface area contributed by atoms with Gasteiger partial charge in [0.2, 0.25) is 0 Å². The van der Waals surface area contributed by atoms with Gasteiger partial charge in [-0.15, -0.1) is 0 Å². The number of aryl methyl sites for hydroxylation is 1. The highest BCUT2D eigenvalue weighted by Crippen LogP contribution is 2.12. The molecule has 0 bridgehead atoms. The standard InChI is InChI=1S/C10H17N3O/c1-13-6-5-12-10(13)7-9(14)8-3-2-4-11-8/h5-6,8-9,11,14H,2-4,7H2,1H3/t8-,9?/m1/s1. The average molecular weight is 195 g/mol. The molecule has 0 saturated carbocycles. The van der Waals surface area contributed by atoms with Crippen LogP contribution in [0.3, 0.4) is 0 Å². The number of aliphatic hydroxyl groups excluding tert-OH is 1. The lowest BCUT2D eigenvalue weighted by atomic mass is 10.1. The smallest absolute Gasteiger partial charge is 0.111 e. The van der Waals surface area contributed by atoms with Crippen molar-refractivity contribution in [2.75, 3.05) is 6.54 Å². The summed E-state index contributed by atoms with van der Waals surface area (Å²) in [5, 5.41) is 13.2. The number of rotatable bonds is 3. The largest absolute Gasteiger partial charge is 0.391 e. The zero-order chi connectivity index (χ0) is 9.97. The van der Waals surface area contributed by atoms with Gasteiger partial charge in [-0.1, -0.05) is 0 Å². The molecule has 78 valence electrons. The fraction of sp³-hybridized carbons (Fsp3) is 0.700. The maximum Gasteiger partial charge on any atom is 0.111 e. The third-order valence-corrected chi connectivity index (χ3v) is 2.88. The van der Waals surface area contributed by atoms with Crippen LogP contribution in [-0.2, 0) is 13.5 Å². The molecular formula is C10H17N3O. The van der Waals surface area contributed by atoms with Crippen molar-refractivity contribution in [2.24, 2.45) is 7.05 Å². The summed E-state index contributed by atoms with van der Waals surface area (Å²) >= 11 is 0. The van der Waals surface area contributed by atoms with E-state index < -0.39 is 0 Å². The van der Waals surface area contributed by atoms with Crippen LogP contribution in [0.2, 0.25) is 0 Å². The highest BCUT2D eigenvalue weighted by molar-refractivity contribution is 4.96. The van der Waals surface area contributed by atoms with Crippen molar-refractivity contribution in [3.05, 3.63) is 18.2 Å². The van der Waals surface area contributed by atoms with Gasteiger partial charge in [0.05, 0.1) is 6.10 Å². The molecule has 0 aliphatic carbocycles. The van der Waals surface area contributed by atoms with E-state index in [-0.39, 0.29) is 12.1 Å². The molecule has 1 saturated heterocycles. The van der Waals surface area contributed by atoms with E-state index in [4.69, 9.17) is 0 Å². The van der Waals surface area contributed by atoms with E-state index in [0.717, 1.165) is 18.8 Å². The quantitative estimate of drug-likeness (QED) is 0.718. The van der Waals surface area contributed by atoms with Crippen LogP contribution in [0.1, 0.15) is 18.7 Å². The van der Waals surface area contributed by atoms with E-state index in [0.29, 0.717) is 6.42 Å². The van der Waals surface area contributed by atoms with Gasteiger partial charge in [-0.25, -0.2) is 4.98 Å². The van der Waals surface area contributed by atoms with Gasteiger partial charge in [0, 0.05) is 31.9 Å². The first-order chi connectivity index (χ1) is 6.77. The number of hydrogen-bond donors (Lipinski definition) is 2. The molecule has 0 amide bonds. The Hall–Kier alpha value is -0.870. The number of nitrogens with one attached hydrogen (secondary N) is 1. The summed E-state index contributed by atoms with van der Waals surface area (Å²) in [6.45, 7) is 1.03. The Morgan fingerprint density at radius 1 is 1.79 bits per heavy atom. The van der Waals surface area contributed by atoms with Crippen LogP contribution in [-0.4, -0.2) is 33.3 Å². The molecule has 14 heavy (non-hydrogen) atoms. The van der Waals surface area contributed by atoms with E-state index in [1.807, 2.05) is 17.8 Å². The van der Waals surface area contributed by atoms with Gasteiger partial charge in [-0.3, -0.25) is 0 Å². The molecule has 1 aliphatic heterocycles. The summed E-state index contributed by atoms with van der Waals surface area (Å²) in [6.07, 6.45) is 6.25. The first-order valence-corrected chi connectivity index (χ1v) is 5.15. The van der Waals surface area contributed by atoms with Crippen LogP contribution in [0.4, 0.5) is 0 Å². The second-order valence-corrected chi connectivity index (χ2v) is 3.93. The van der Waals surface area contributed by atoms with Gasteiger partial charge in [0.15, 0.2) is 0 Å². The zero-order valence-corrected chi connectivity index (χ0v) is 8.48. The monoisotopic (exact) mass is 195 g/mol. The Morgan fingerprint density at radius 3 is 3.21 bits per heavy atom. The van der Waals surface area contributed by atoms with Gasteiger partial charge in [-0.05, 0) is 19.4 Å². The Morgan fingerprint density at radius 2 is 2.64 bits per heavy atom. The fourth-order valence-electron chi connectivity index (χ4n) is 1.96. The van der Waals surface area contributed by atoms with Crippen LogP contribution in [0.5, 0.6) is 0 Å². The van der Waals surface area contributed by atoms with Crippen molar-refractivity contribution >= 4 is 0 Å². The van der Waals surface area contributed by atoms with Crippen molar-refractivity contribution in [1.29, 1.82) is 0 Å². The minimum atomic E-state index is -0.307. The van der Waals surface area contributed by atoms with E-state index in [1.165, 1.54) is 6.42 Å². The topological polar surface area (TPSA) is 50.1 Å². The lowest BCUT2D eigenvalue weighted by Crippen LogP contribution is -2.36. The third kappa shape index (κ3) is 1.96. The summed E-state index contributed by atoms with van der Waals surface area (Å²) in [7, 11) is 1.96. The maximum absolute atomic E-state index is 9.93. The van der Waals surface area contributed by atoms with E-state index in [9.17, 15) is 5.11 Å². The van der Waals surface area contributed by atoms with Crippen LogP contribution < -0.4 is 5.32 Å². The molecule has 0 aromatic carbocycles. The van der Waals surface area contributed by atoms with E-state index in [1.54, 1.807) is 6.20 Å². The first-order valence-electron chi connectivity index (χ1n) is 5.15. The molecule has 1 aromatic heterocycles. The van der Waals surface area contributed by atoms with Crippen molar-refractivity contribution in [3.8, 4) is 0 Å². The van der Waals surface area contributed by atoms with Crippen LogP contribution in [0.15, 0.2) is 12.4 Å². The minimum Gasteiger partial charge on any atom is -0.391 e. The number of aromatic nitrogens is 2. The summed E-state index contributed by atoms with van der Waals surface area (Å²) in [4.78, 5) is 4.20. The molecule has 2 N–H and O–H groups in total. The number of aliphatic hydroxyl groups is 1. The van der Waals surface area contributed by atoms with Crippen molar-refractivity contribution in [2.45, 2.75) is 31.4 Å². The second-order valence-electron chi connectivity index (χ2n) is 3.93. The Labute approximate surface area is 84.0 Å². The predicted molar refractivity (Wildman–Crippen MR) is 53.9 cm³/mol. The minimum absolute atomic E-state index is 0.256. The highest BCUT2D eigenvalue weighted by atomic mass is 16.3. The van der Waals surface area contributed by atoms with Crippen molar-refractivity contribution in [3.63, 3.8) is 0 Å². The van der Waals surface area contributed by atoms with Crippen LogP contribution in [0.25, 0.3) is 0 Å². The Bertz CT molecular complexity index is 291. The molecule has 1 aliphatic rings.